The number of aliphatic hydroxyl groups is 1. The van der Waals surface area contributed by atoms with E-state index in [2.05, 4.69) is 11.8 Å². The van der Waals surface area contributed by atoms with Crippen LogP contribution < -0.4 is 5.73 Å². The number of hydrogen-bond donors (Lipinski definition) is 2. The standard InChI is InChI=1S/C10H22N2O/c1-8-3-4-12(6-9(2)13)7-10(8)5-11/h8-10,13H,3-7,11H2,1-2H3/t8?,9-,10?/m1/s1. The molecule has 3 N–H and O–H groups in total. The first kappa shape index (κ1) is 11.0. The predicted octanol–water partition coefficient (Wildman–Crippen LogP) is 0.284. The SMILES string of the molecule is CC1CCN(C[C@@H](C)O)CC1CN. The van der Waals surface area contributed by atoms with Crippen LogP contribution in [0.15, 0.2) is 0 Å². The molecule has 1 fully saturated rings. The second kappa shape index (κ2) is 4.94. The minimum atomic E-state index is -0.216. The highest BCUT2D eigenvalue weighted by molar-refractivity contribution is 4.79. The van der Waals surface area contributed by atoms with E-state index in [1.807, 2.05) is 6.92 Å². The summed E-state index contributed by atoms with van der Waals surface area (Å²) in [5.74, 6) is 1.36. The number of piperidine rings is 1. The van der Waals surface area contributed by atoms with Crippen molar-refractivity contribution in [2.24, 2.45) is 17.6 Å². The molecule has 78 valence electrons. The molecule has 3 nitrogen and oxygen atoms in total. The summed E-state index contributed by atoms with van der Waals surface area (Å²) in [5.41, 5.74) is 5.70. The average molecular weight is 186 g/mol. The second-order valence-electron chi connectivity index (χ2n) is 4.37. The van der Waals surface area contributed by atoms with Gasteiger partial charge in [0.25, 0.3) is 0 Å². The van der Waals surface area contributed by atoms with Gasteiger partial charge in [0, 0.05) is 13.1 Å². The molecule has 1 aliphatic rings. The predicted molar refractivity (Wildman–Crippen MR) is 54.4 cm³/mol. The fourth-order valence-electron chi connectivity index (χ4n) is 2.07. The zero-order valence-electron chi connectivity index (χ0n) is 8.74. The minimum absolute atomic E-state index is 0.216. The molecule has 0 saturated carbocycles. The van der Waals surface area contributed by atoms with E-state index in [1.165, 1.54) is 6.42 Å². The molecular weight excluding hydrogens is 164 g/mol. The van der Waals surface area contributed by atoms with Crippen LogP contribution >= 0.6 is 0 Å². The maximum Gasteiger partial charge on any atom is 0.0639 e. The number of likely N-dealkylation sites (tertiary alicyclic amines) is 1. The smallest absolute Gasteiger partial charge is 0.0639 e. The molecule has 3 heteroatoms. The summed E-state index contributed by atoms with van der Waals surface area (Å²) in [5, 5.41) is 9.26. The number of nitrogens with zero attached hydrogens (tertiary/aromatic N) is 1. The highest BCUT2D eigenvalue weighted by Crippen LogP contribution is 2.21. The third kappa shape index (κ3) is 3.25. The van der Waals surface area contributed by atoms with Gasteiger partial charge in [-0.15, -0.1) is 0 Å². The lowest BCUT2D eigenvalue weighted by Gasteiger charge is -2.37. The highest BCUT2D eigenvalue weighted by atomic mass is 16.3. The van der Waals surface area contributed by atoms with Crippen molar-refractivity contribution in [3.8, 4) is 0 Å². The van der Waals surface area contributed by atoms with Gasteiger partial charge in [0.2, 0.25) is 0 Å². The maximum absolute atomic E-state index is 9.26. The third-order valence-electron chi connectivity index (χ3n) is 3.02. The molecule has 0 bridgehead atoms. The van der Waals surface area contributed by atoms with Crippen LogP contribution in [0.4, 0.5) is 0 Å². The summed E-state index contributed by atoms with van der Waals surface area (Å²) >= 11 is 0. The van der Waals surface area contributed by atoms with Gasteiger partial charge in [-0.2, -0.15) is 0 Å². The fourth-order valence-corrected chi connectivity index (χ4v) is 2.07. The Balaban J connectivity index is 2.36. The summed E-state index contributed by atoms with van der Waals surface area (Å²) in [4.78, 5) is 2.32. The Labute approximate surface area is 80.9 Å². The lowest BCUT2D eigenvalue weighted by Crippen LogP contribution is -2.44. The molecule has 13 heavy (non-hydrogen) atoms. The van der Waals surface area contributed by atoms with E-state index in [4.69, 9.17) is 5.73 Å². The van der Waals surface area contributed by atoms with Crippen LogP contribution in [0.3, 0.4) is 0 Å². The summed E-state index contributed by atoms with van der Waals surface area (Å²) in [6.45, 7) is 7.86. The van der Waals surface area contributed by atoms with E-state index in [9.17, 15) is 5.11 Å². The first-order chi connectivity index (χ1) is 6.13. The third-order valence-corrected chi connectivity index (χ3v) is 3.02. The van der Waals surface area contributed by atoms with Crippen LogP contribution in [0.5, 0.6) is 0 Å². The molecule has 1 heterocycles. The van der Waals surface area contributed by atoms with Crippen molar-refractivity contribution < 1.29 is 5.11 Å². The largest absolute Gasteiger partial charge is 0.392 e. The summed E-state index contributed by atoms with van der Waals surface area (Å²) < 4.78 is 0. The molecule has 0 aromatic heterocycles. The van der Waals surface area contributed by atoms with Crippen LogP contribution in [0.1, 0.15) is 20.3 Å². The van der Waals surface area contributed by atoms with E-state index < -0.39 is 0 Å². The number of β-amino-alcohol motifs (C(OH)–C–C–N with tert-alkyl or cyclic N) is 1. The first-order valence-corrected chi connectivity index (χ1v) is 5.24. The topological polar surface area (TPSA) is 49.5 Å². The zero-order valence-corrected chi connectivity index (χ0v) is 8.74. The van der Waals surface area contributed by atoms with Gasteiger partial charge >= 0.3 is 0 Å². The maximum atomic E-state index is 9.26. The van der Waals surface area contributed by atoms with Gasteiger partial charge < -0.3 is 15.7 Å². The molecule has 3 atom stereocenters. The van der Waals surface area contributed by atoms with Gasteiger partial charge in [-0.05, 0) is 38.3 Å². The van der Waals surface area contributed by atoms with Crippen LogP contribution in [0, 0.1) is 11.8 Å². The lowest BCUT2D eigenvalue weighted by atomic mass is 9.87. The van der Waals surface area contributed by atoms with Gasteiger partial charge in [-0.25, -0.2) is 0 Å². The first-order valence-electron chi connectivity index (χ1n) is 5.24. The molecule has 1 saturated heterocycles. The monoisotopic (exact) mass is 186 g/mol. The van der Waals surface area contributed by atoms with Crippen molar-refractivity contribution in [2.45, 2.75) is 26.4 Å². The van der Waals surface area contributed by atoms with Crippen molar-refractivity contribution >= 4 is 0 Å². The van der Waals surface area contributed by atoms with Gasteiger partial charge in [0.1, 0.15) is 0 Å². The molecule has 0 radical (unpaired) electrons. The van der Waals surface area contributed by atoms with E-state index in [1.54, 1.807) is 0 Å². The Morgan fingerprint density at radius 2 is 2.31 bits per heavy atom. The minimum Gasteiger partial charge on any atom is -0.392 e. The Hall–Kier alpha value is -0.120. The van der Waals surface area contributed by atoms with Gasteiger partial charge in [0.05, 0.1) is 6.10 Å². The van der Waals surface area contributed by atoms with Crippen LogP contribution in [-0.4, -0.2) is 42.3 Å². The average Bonchev–Trinajstić information content (AvgIpc) is 2.07. The zero-order chi connectivity index (χ0) is 9.84. The number of hydrogen-bond acceptors (Lipinski definition) is 3. The second-order valence-corrected chi connectivity index (χ2v) is 4.37. The summed E-state index contributed by atoms with van der Waals surface area (Å²) in [6, 6.07) is 0. The Morgan fingerprint density at radius 3 is 2.85 bits per heavy atom. The van der Waals surface area contributed by atoms with Crippen molar-refractivity contribution in [2.75, 3.05) is 26.2 Å². The molecule has 0 amide bonds. The van der Waals surface area contributed by atoms with Gasteiger partial charge in [-0.3, -0.25) is 0 Å². The molecule has 0 spiro atoms. The van der Waals surface area contributed by atoms with Crippen LogP contribution in [0.25, 0.3) is 0 Å². The quantitative estimate of drug-likeness (QED) is 0.666. The van der Waals surface area contributed by atoms with Gasteiger partial charge in [0.15, 0.2) is 0 Å². The van der Waals surface area contributed by atoms with E-state index in [0.717, 1.165) is 32.1 Å². The molecule has 1 aliphatic heterocycles. The molecule has 0 aliphatic carbocycles. The summed E-state index contributed by atoms with van der Waals surface area (Å²) in [6.07, 6.45) is 1.00. The Bertz CT molecular complexity index is 150. The normalized spacial score (nSPS) is 33.2. The molecule has 1 rings (SSSR count). The van der Waals surface area contributed by atoms with Crippen LogP contribution in [0.2, 0.25) is 0 Å². The Kier molecular flexibility index (Phi) is 4.16. The van der Waals surface area contributed by atoms with E-state index >= 15 is 0 Å². The Morgan fingerprint density at radius 1 is 1.62 bits per heavy atom. The van der Waals surface area contributed by atoms with E-state index in [-0.39, 0.29) is 6.10 Å². The van der Waals surface area contributed by atoms with Crippen molar-refractivity contribution in [3.05, 3.63) is 0 Å². The number of nitrogens with two attached hydrogens (primary N) is 1. The number of rotatable bonds is 3. The van der Waals surface area contributed by atoms with Crippen LogP contribution in [-0.2, 0) is 0 Å². The lowest BCUT2D eigenvalue weighted by molar-refractivity contribution is 0.0763. The fraction of sp³-hybridized carbons (Fsp3) is 1.00. The van der Waals surface area contributed by atoms with Crippen molar-refractivity contribution in [1.29, 1.82) is 0 Å². The van der Waals surface area contributed by atoms with E-state index in [0.29, 0.717) is 5.92 Å². The summed E-state index contributed by atoms with van der Waals surface area (Å²) in [7, 11) is 0. The highest BCUT2D eigenvalue weighted by Gasteiger charge is 2.25. The molecule has 0 aromatic carbocycles. The molecular formula is C10H22N2O. The molecule has 2 unspecified atom stereocenters. The van der Waals surface area contributed by atoms with Gasteiger partial charge in [-0.1, -0.05) is 6.92 Å². The van der Waals surface area contributed by atoms with Crippen molar-refractivity contribution in [3.63, 3.8) is 0 Å². The molecule has 0 aromatic rings. The van der Waals surface area contributed by atoms with Crippen molar-refractivity contribution in [1.82, 2.24) is 4.90 Å². The number of aliphatic hydroxyl groups excluding tert-OH is 1.